The highest BCUT2D eigenvalue weighted by Crippen LogP contribution is 2.14. The lowest BCUT2D eigenvalue weighted by Crippen LogP contribution is -2.02. The maximum Gasteiger partial charge on any atom is 0.254 e. The van der Waals surface area contributed by atoms with Gasteiger partial charge in [-0.15, -0.1) is 5.10 Å². The molecule has 70 valence electrons. The molecule has 1 aromatic heterocycles. The lowest BCUT2D eigenvalue weighted by molar-refractivity contribution is 0.108. The highest BCUT2D eigenvalue weighted by atomic mass is 35.5. The topological polar surface area (TPSA) is 47.8 Å². The monoisotopic (exact) mass is 207 g/mol. The Bertz CT molecular complexity index is 453. The number of nitrogens with zero attached hydrogens (tertiary/aromatic N) is 3. The SMILES string of the molecule is O=C(Cl)c1ccccc1-n1ccnn1. The van der Waals surface area contributed by atoms with E-state index in [9.17, 15) is 4.79 Å². The van der Waals surface area contributed by atoms with Crippen molar-refractivity contribution >= 4 is 16.8 Å². The molecule has 14 heavy (non-hydrogen) atoms. The third-order valence-corrected chi connectivity index (χ3v) is 1.99. The summed E-state index contributed by atoms with van der Waals surface area (Å²) in [5.74, 6) is 0. The van der Waals surface area contributed by atoms with Crippen LogP contribution < -0.4 is 0 Å². The van der Waals surface area contributed by atoms with Gasteiger partial charge < -0.3 is 0 Å². The summed E-state index contributed by atoms with van der Waals surface area (Å²) >= 11 is 5.42. The Balaban J connectivity index is 2.58. The molecule has 2 rings (SSSR count). The van der Waals surface area contributed by atoms with Crippen LogP contribution in [-0.2, 0) is 0 Å². The highest BCUT2D eigenvalue weighted by Gasteiger charge is 2.09. The number of hydrogen-bond acceptors (Lipinski definition) is 3. The molecule has 4 nitrogen and oxygen atoms in total. The third kappa shape index (κ3) is 1.52. The van der Waals surface area contributed by atoms with Gasteiger partial charge in [-0.25, -0.2) is 4.68 Å². The first-order valence-corrected chi connectivity index (χ1v) is 4.32. The maximum absolute atomic E-state index is 11.1. The van der Waals surface area contributed by atoms with Gasteiger partial charge in [0, 0.05) is 0 Å². The van der Waals surface area contributed by atoms with Crippen LogP contribution >= 0.6 is 11.6 Å². The zero-order chi connectivity index (χ0) is 9.97. The fraction of sp³-hybridized carbons (Fsp3) is 0. The Morgan fingerprint density at radius 3 is 2.79 bits per heavy atom. The van der Waals surface area contributed by atoms with Crippen LogP contribution in [0.15, 0.2) is 36.7 Å². The number of hydrogen-bond donors (Lipinski definition) is 0. The van der Waals surface area contributed by atoms with Crippen molar-refractivity contribution in [2.45, 2.75) is 0 Å². The first-order valence-electron chi connectivity index (χ1n) is 3.94. The average Bonchev–Trinajstić information content (AvgIpc) is 2.70. The zero-order valence-corrected chi connectivity index (χ0v) is 7.85. The average molecular weight is 208 g/mol. The van der Waals surface area contributed by atoms with Gasteiger partial charge in [-0.2, -0.15) is 0 Å². The highest BCUT2D eigenvalue weighted by molar-refractivity contribution is 6.68. The summed E-state index contributed by atoms with van der Waals surface area (Å²) in [5.41, 5.74) is 1.05. The molecule has 0 fully saturated rings. The van der Waals surface area contributed by atoms with Crippen molar-refractivity contribution in [3.05, 3.63) is 42.2 Å². The summed E-state index contributed by atoms with van der Waals surface area (Å²) in [6.07, 6.45) is 3.19. The molecular formula is C9H6ClN3O. The summed E-state index contributed by atoms with van der Waals surface area (Å²) in [7, 11) is 0. The minimum atomic E-state index is -0.504. The van der Waals surface area contributed by atoms with Crippen LogP contribution in [0.2, 0.25) is 0 Å². The number of rotatable bonds is 2. The fourth-order valence-electron chi connectivity index (χ4n) is 1.18. The van der Waals surface area contributed by atoms with Gasteiger partial charge in [-0.05, 0) is 23.7 Å². The molecule has 0 unspecified atom stereocenters. The van der Waals surface area contributed by atoms with E-state index in [4.69, 9.17) is 11.6 Å². The Kier molecular flexibility index (Phi) is 2.28. The van der Waals surface area contributed by atoms with E-state index >= 15 is 0 Å². The van der Waals surface area contributed by atoms with Crippen molar-refractivity contribution in [2.24, 2.45) is 0 Å². The Hall–Kier alpha value is -1.68. The van der Waals surface area contributed by atoms with E-state index in [-0.39, 0.29) is 0 Å². The van der Waals surface area contributed by atoms with Crippen molar-refractivity contribution in [3.63, 3.8) is 0 Å². The van der Waals surface area contributed by atoms with E-state index in [1.807, 2.05) is 0 Å². The summed E-state index contributed by atoms with van der Waals surface area (Å²) in [5, 5.41) is 6.94. The Labute approximate surface area is 85.1 Å². The molecule has 1 aromatic carbocycles. The molecule has 0 saturated heterocycles. The standard InChI is InChI=1S/C9H6ClN3O/c10-9(14)7-3-1-2-4-8(7)13-6-5-11-12-13/h1-6H. The van der Waals surface area contributed by atoms with Gasteiger partial charge >= 0.3 is 0 Å². The van der Waals surface area contributed by atoms with Gasteiger partial charge in [0.2, 0.25) is 0 Å². The first kappa shape index (κ1) is 8.90. The summed E-state index contributed by atoms with van der Waals surface area (Å²) in [6, 6.07) is 6.95. The molecule has 0 bridgehead atoms. The molecule has 0 saturated carbocycles. The van der Waals surface area contributed by atoms with Crippen LogP contribution in [0.25, 0.3) is 5.69 Å². The Morgan fingerprint density at radius 2 is 2.14 bits per heavy atom. The maximum atomic E-state index is 11.1. The van der Waals surface area contributed by atoms with E-state index in [0.717, 1.165) is 0 Å². The molecule has 2 aromatic rings. The second-order valence-corrected chi connectivity index (χ2v) is 2.98. The van der Waals surface area contributed by atoms with Crippen LogP contribution in [0.5, 0.6) is 0 Å². The van der Waals surface area contributed by atoms with Crippen LogP contribution in [0.4, 0.5) is 0 Å². The van der Waals surface area contributed by atoms with Gasteiger partial charge in [-0.1, -0.05) is 17.3 Å². The summed E-state index contributed by atoms with van der Waals surface area (Å²) in [4.78, 5) is 11.1. The van der Waals surface area contributed by atoms with Gasteiger partial charge in [0.05, 0.1) is 23.6 Å². The van der Waals surface area contributed by atoms with Crippen LogP contribution in [0, 0.1) is 0 Å². The van der Waals surface area contributed by atoms with Crippen molar-refractivity contribution in [2.75, 3.05) is 0 Å². The summed E-state index contributed by atoms with van der Waals surface area (Å²) in [6.45, 7) is 0. The van der Waals surface area contributed by atoms with Crippen molar-refractivity contribution in [3.8, 4) is 5.69 Å². The predicted molar refractivity (Wildman–Crippen MR) is 51.5 cm³/mol. The largest absolute Gasteiger partial charge is 0.276 e. The number of carbonyl (C=O) groups excluding carboxylic acids is 1. The lowest BCUT2D eigenvalue weighted by atomic mass is 10.2. The second-order valence-electron chi connectivity index (χ2n) is 2.64. The van der Waals surface area contributed by atoms with E-state index < -0.39 is 5.24 Å². The molecule has 0 atom stereocenters. The molecule has 0 aliphatic heterocycles. The Morgan fingerprint density at radius 1 is 1.36 bits per heavy atom. The molecule has 5 heteroatoms. The number of carbonyl (C=O) groups is 1. The van der Waals surface area contributed by atoms with Gasteiger partial charge in [0.25, 0.3) is 5.24 Å². The predicted octanol–water partition coefficient (Wildman–Crippen LogP) is 1.65. The first-order chi connectivity index (χ1) is 6.79. The van der Waals surface area contributed by atoms with Crippen molar-refractivity contribution < 1.29 is 4.79 Å². The fourth-order valence-corrected chi connectivity index (χ4v) is 1.34. The lowest BCUT2D eigenvalue weighted by Gasteiger charge is -2.03. The molecule has 0 radical (unpaired) electrons. The van der Waals surface area contributed by atoms with Crippen LogP contribution in [-0.4, -0.2) is 20.2 Å². The van der Waals surface area contributed by atoms with Crippen molar-refractivity contribution in [1.82, 2.24) is 15.0 Å². The number of halogens is 1. The van der Waals surface area contributed by atoms with Gasteiger partial charge in [0.15, 0.2) is 0 Å². The number of para-hydroxylation sites is 1. The zero-order valence-electron chi connectivity index (χ0n) is 7.09. The van der Waals surface area contributed by atoms with Gasteiger partial charge in [0.1, 0.15) is 0 Å². The normalized spacial score (nSPS) is 10.1. The molecule has 0 aliphatic rings. The van der Waals surface area contributed by atoms with Crippen molar-refractivity contribution in [1.29, 1.82) is 0 Å². The smallest absolute Gasteiger partial charge is 0.254 e. The van der Waals surface area contributed by atoms with E-state index in [1.54, 1.807) is 30.5 Å². The molecular weight excluding hydrogens is 202 g/mol. The number of benzene rings is 1. The minimum Gasteiger partial charge on any atom is -0.276 e. The van der Waals surface area contributed by atoms with E-state index in [2.05, 4.69) is 10.3 Å². The van der Waals surface area contributed by atoms with Crippen LogP contribution in [0.3, 0.4) is 0 Å². The second kappa shape index (κ2) is 3.59. The molecule has 0 amide bonds. The van der Waals surface area contributed by atoms with E-state index in [1.165, 1.54) is 10.9 Å². The minimum absolute atomic E-state index is 0.416. The van der Waals surface area contributed by atoms with Gasteiger partial charge in [-0.3, -0.25) is 4.79 Å². The van der Waals surface area contributed by atoms with Crippen LogP contribution in [0.1, 0.15) is 10.4 Å². The molecule has 0 N–H and O–H groups in total. The third-order valence-electron chi connectivity index (χ3n) is 1.79. The number of aromatic nitrogens is 3. The summed E-state index contributed by atoms with van der Waals surface area (Å²) < 4.78 is 1.50. The quantitative estimate of drug-likeness (QED) is 0.704. The molecule has 0 spiro atoms. The van der Waals surface area contributed by atoms with E-state index in [0.29, 0.717) is 11.3 Å². The molecule has 0 aliphatic carbocycles. The molecule has 1 heterocycles.